The highest BCUT2D eigenvalue weighted by molar-refractivity contribution is 7.92. The van der Waals surface area contributed by atoms with E-state index in [1.165, 1.54) is 0 Å². The van der Waals surface area contributed by atoms with Crippen molar-refractivity contribution in [1.82, 2.24) is 4.90 Å². The van der Waals surface area contributed by atoms with Gasteiger partial charge >= 0.3 is 18.0 Å². The highest BCUT2D eigenvalue weighted by Crippen LogP contribution is 2.57. The van der Waals surface area contributed by atoms with E-state index >= 15 is 0 Å². The summed E-state index contributed by atoms with van der Waals surface area (Å²) in [6.07, 6.45) is -15.0. The summed E-state index contributed by atoms with van der Waals surface area (Å²) < 4.78 is 161. The Bertz CT molecular complexity index is 1700. The van der Waals surface area contributed by atoms with Crippen LogP contribution in [0.1, 0.15) is 42.4 Å². The largest absolute Gasteiger partial charge is 0.435 e. The van der Waals surface area contributed by atoms with Crippen LogP contribution in [-0.4, -0.2) is 74.8 Å². The van der Waals surface area contributed by atoms with Crippen molar-refractivity contribution in [2.45, 2.75) is 71.4 Å². The lowest BCUT2D eigenvalue weighted by atomic mass is 9.76. The quantitative estimate of drug-likeness (QED) is 0.486. The Hall–Kier alpha value is -2.79. The van der Waals surface area contributed by atoms with Crippen LogP contribution in [0.4, 0.5) is 35.1 Å². The molecule has 2 unspecified atom stereocenters. The van der Waals surface area contributed by atoms with Gasteiger partial charge < -0.3 is 10.0 Å². The van der Waals surface area contributed by atoms with Gasteiger partial charge in [-0.3, -0.25) is 4.79 Å². The Morgan fingerprint density at radius 1 is 0.932 bits per heavy atom. The van der Waals surface area contributed by atoms with Gasteiger partial charge in [0.1, 0.15) is 16.2 Å². The van der Waals surface area contributed by atoms with Crippen molar-refractivity contribution in [3.05, 3.63) is 65.0 Å². The third-order valence-electron chi connectivity index (χ3n) is 8.96. The van der Waals surface area contributed by atoms with Crippen LogP contribution in [0.2, 0.25) is 0 Å². The zero-order valence-electron chi connectivity index (χ0n) is 22.6. The summed E-state index contributed by atoms with van der Waals surface area (Å²) in [5, 5.41) is 11.1. The van der Waals surface area contributed by atoms with E-state index in [0.717, 1.165) is 23.1 Å². The number of halogens is 8. The smallest absolute Gasteiger partial charge is 0.380 e. The lowest BCUT2D eigenvalue weighted by Gasteiger charge is -2.44. The molecule has 1 amide bonds. The molecule has 44 heavy (non-hydrogen) atoms. The Morgan fingerprint density at radius 2 is 1.55 bits per heavy atom. The molecule has 0 spiro atoms. The van der Waals surface area contributed by atoms with Gasteiger partial charge in [0.05, 0.1) is 22.4 Å². The molecule has 1 aliphatic carbocycles. The molecular weight excluding hydrogens is 650 g/mol. The van der Waals surface area contributed by atoms with E-state index in [1.807, 2.05) is 0 Å². The molecule has 0 bridgehead atoms. The number of carbonyl (C=O) groups is 1. The first-order chi connectivity index (χ1) is 20.1. The van der Waals surface area contributed by atoms with Gasteiger partial charge in [0, 0.05) is 12.1 Å². The topological polar surface area (TPSA) is 109 Å². The van der Waals surface area contributed by atoms with Gasteiger partial charge in [0.25, 0.3) is 5.91 Å². The Morgan fingerprint density at radius 3 is 2.11 bits per heavy atom. The number of carbonyl (C=O) groups excluding carboxylic acids is 1. The van der Waals surface area contributed by atoms with Crippen LogP contribution in [0.25, 0.3) is 0 Å². The standard InChI is InChI=1S/C27H25F8NO6S2/c28-18-2-1-3-19(15-18)44(41,42)24-8-11-36(22(37)23(38)9-12-43(39,40)13-10-23)21(24)7-4-16-14-17(5-6-20(16)24)25(29,26(30,31)32)27(33,34)35/h1-3,5-6,14-15,21,38H,4,7-13H2. The van der Waals surface area contributed by atoms with Crippen molar-refractivity contribution >= 4 is 25.6 Å². The fourth-order valence-corrected chi connectivity index (χ4v) is 10.6. The first kappa shape index (κ1) is 32.6. The monoisotopic (exact) mass is 675 g/mol. The summed E-state index contributed by atoms with van der Waals surface area (Å²) in [5.74, 6) is -2.98. The highest BCUT2D eigenvalue weighted by Gasteiger charge is 2.74. The summed E-state index contributed by atoms with van der Waals surface area (Å²) in [6.45, 7) is -0.355. The number of hydrogen-bond acceptors (Lipinski definition) is 6. The van der Waals surface area contributed by atoms with E-state index in [9.17, 15) is 61.9 Å². The minimum atomic E-state index is -6.42. The van der Waals surface area contributed by atoms with Crippen molar-refractivity contribution in [1.29, 1.82) is 0 Å². The zero-order chi connectivity index (χ0) is 32.7. The van der Waals surface area contributed by atoms with E-state index in [2.05, 4.69) is 0 Å². The average Bonchev–Trinajstić information content (AvgIpc) is 3.34. The van der Waals surface area contributed by atoms with Gasteiger partial charge in [-0.15, -0.1) is 0 Å². The van der Waals surface area contributed by atoms with Crippen molar-refractivity contribution < 1.29 is 61.9 Å². The predicted octanol–water partition coefficient (Wildman–Crippen LogP) is 4.27. The third kappa shape index (κ3) is 4.71. The number of fused-ring (bicyclic) bond motifs is 3. The second kappa shape index (κ2) is 10.1. The molecule has 2 aromatic carbocycles. The van der Waals surface area contributed by atoms with Crippen LogP contribution in [-0.2, 0) is 41.3 Å². The molecule has 0 aromatic heterocycles. The minimum absolute atomic E-state index is 0.203. The first-order valence-corrected chi connectivity index (χ1v) is 16.6. The minimum Gasteiger partial charge on any atom is -0.380 e. The van der Waals surface area contributed by atoms with E-state index in [4.69, 9.17) is 0 Å². The normalized spacial score (nSPS) is 25.3. The summed E-state index contributed by atoms with van der Waals surface area (Å²) in [6, 6.07) is 3.58. The molecule has 242 valence electrons. The molecule has 2 aromatic rings. The number of likely N-dealkylation sites (tertiary alicyclic amines) is 1. The fraction of sp³-hybridized carbons (Fsp3) is 0.519. The number of aliphatic hydroxyl groups is 1. The lowest BCUT2D eigenvalue weighted by molar-refractivity contribution is -0.348. The Labute approximate surface area is 246 Å². The highest BCUT2D eigenvalue weighted by atomic mass is 32.2. The number of amides is 1. The molecule has 2 saturated heterocycles. The van der Waals surface area contributed by atoms with E-state index < -0.39 is 107 Å². The van der Waals surface area contributed by atoms with Crippen molar-refractivity contribution in [2.24, 2.45) is 0 Å². The Kier molecular flexibility index (Phi) is 7.49. The lowest BCUT2D eigenvalue weighted by Crippen LogP contribution is -2.58. The first-order valence-electron chi connectivity index (χ1n) is 13.3. The zero-order valence-corrected chi connectivity index (χ0v) is 24.2. The van der Waals surface area contributed by atoms with Crippen molar-refractivity contribution in [3.8, 4) is 0 Å². The fourth-order valence-electron chi connectivity index (χ4n) is 6.67. The van der Waals surface area contributed by atoms with Crippen molar-refractivity contribution in [3.63, 3.8) is 0 Å². The second-order valence-corrected chi connectivity index (χ2v) is 15.9. The SMILES string of the molecule is O=C(N1CCC2(S(=O)(=O)c3cccc(F)c3)c3ccc(C(F)(C(F)(F)F)C(F)(F)F)cc3CCC12)C1(O)CCS(=O)(=O)CC1. The summed E-state index contributed by atoms with van der Waals surface area (Å²) in [4.78, 5) is 14.1. The van der Waals surface area contributed by atoms with Crippen LogP contribution in [0, 0.1) is 5.82 Å². The number of nitrogens with zero attached hydrogens (tertiary/aromatic N) is 1. The Balaban J connectivity index is 1.68. The maximum atomic E-state index is 15.0. The molecule has 1 N–H and O–H groups in total. The van der Waals surface area contributed by atoms with Crippen LogP contribution in [0.15, 0.2) is 47.4 Å². The van der Waals surface area contributed by atoms with Crippen LogP contribution in [0.5, 0.6) is 0 Å². The number of hydrogen-bond donors (Lipinski definition) is 1. The molecule has 17 heteroatoms. The number of benzene rings is 2. The number of rotatable bonds is 4. The molecule has 5 rings (SSSR count). The molecule has 2 atom stereocenters. The maximum absolute atomic E-state index is 15.0. The van der Waals surface area contributed by atoms with E-state index in [-0.39, 0.29) is 36.6 Å². The predicted molar refractivity (Wildman–Crippen MR) is 138 cm³/mol. The molecule has 2 aliphatic heterocycles. The van der Waals surface area contributed by atoms with Gasteiger partial charge in [-0.2, -0.15) is 26.3 Å². The summed E-state index contributed by atoms with van der Waals surface area (Å²) in [5.41, 5.74) is -10.4. The van der Waals surface area contributed by atoms with Gasteiger partial charge in [-0.1, -0.05) is 24.3 Å². The molecule has 2 fully saturated rings. The molecule has 0 saturated carbocycles. The summed E-state index contributed by atoms with van der Waals surface area (Å²) >= 11 is 0. The second-order valence-electron chi connectivity index (χ2n) is 11.4. The molecule has 2 heterocycles. The third-order valence-corrected chi connectivity index (χ3v) is 13.1. The molecule has 3 aliphatic rings. The van der Waals surface area contributed by atoms with Crippen LogP contribution in [0.3, 0.4) is 0 Å². The van der Waals surface area contributed by atoms with Gasteiger partial charge in [-0.25, -0.2) is 25.6 Å². The van der Waals surface area contributed by atoms with Gasteiger partial charge in [0.2, 0.25) is 0 Å². The van der Waals surface area contributed by atoms with Crippen molar-refractivity contribution in [2.75, 3.05) is 18.1 Å². The molecular formula is C27H25F8NO6S2. The number of alkyl halides is 7. The number of sulfone groups is 2. The van der Waals surface area contributed by atoms with Gasteiger partial charge in [0.15, 0.2) is 19.7 Å². The van der Waals surface area contributed by atoms with Crippen LogP contribution < -0.4 is 0 Å². The van der Waals surface area contributed by atoms with Crippen LogP contribution >= 0.6 is 0 Å². The van der Waals surface area contributed by atoms with E-state index in [1.54, 1.807) is 0 Å². The van der Waals surface area contributed by atoms with Gasteiger partial charge in [-0.05, 0) is 61.4 Å². The molecule has 0 radical (unpaired) electrons. The maximum Gasteiger partial charge on any atom is 0.435 e. The number of aryl methyl sites for hydroxylation is 1. The van der Waals surface area contributed by atoms with E-state index in [0.29, 0.717) is 18.2 Å². The average molecular weight is 676 g/mol. The summed E-state index contributed by atoms with van der Waals surface area (Å²) in [7, 11) is -8.33. The molecule has 7 nitrogen and oxygen atoms in total.